The summed E-state index contributed by atoms with van der Waals surface area (Å²) in [5.41, 5.74) is 0.751. The molecule has 1 aromatic carbocycles. The molecule has 8 nitrogen and oxygen atoms in total. The lowest BCUT2D eigenvalue weighted by atomic mass is 10.1. The van der Waals surface area contributed by atoms with E-state index in [1.54, 1.807) is 35.9 Å². The van der Waals surface area contributed by atoms with Crippen LogP contribution in [0.3, 0.4) is 0 Å². The van der Waals surface area contributed by atoms with Gasteiger partial charge in [-0.1, -0.05) is 0 Å². The smallest absolute Gasteiger partial charge is 0.345 e. The Balaban J connectivity index is 1.64. The number of aromatic nitrogens is 3. The molecule has 1 atom stereocenters. The molecule has 1 aliphatic heterocycles. The fraction of sp³-hybridized carbons (Fsp3) is 0.412. The van der Waals surface area contributed by atoms with Gasteiger partial charge in [0.2, 0.25) is 0 Å². The van der Waals surface area contributed by atoms with Crippen LogP contribution in [0, 0.1) is 0 Å². The van der Waals surface area contributed by atoms with Crippen molar-refractivity contribution >= 4 is 11.9 Å². The van der Waals surface area contributed by atoms with E-state index in [-0.39, 0.29) is 17.6 Å². The zero-order chi connectivity index (χ0) is 18.0. The van der Waals surface area contributed by atoms with Gasteiger partial charge < -0.3 is 10.1 Å². The summed E-state index contributed by atoms with van der Waals surface area (Å²) in [7, 11) is 2.95. The summed E-state index contributed by atoms with van der Waals surface area (Å²) in [5.74, 6) is 0.118. The third-order valence-corrected chi connectivity index (χ3v) is 4.41. The highest BCUT2D eigenvalue weighted by molar-refractivity contribution is 5.96. The number of carbonyl (C=O) groups excluding carboxylic acids is 2. The van der Waals surface area contributed by atoms with Gasteiger partial charge in [-0.2, -0.15) is 5.10 Å². The molecule has 3 rings (SSSR count). The van der Waals surface area contributed by atoms with Crippen molar-refractivity contribution in [1.29, 1.82) is 0 Å². The summed E-state index contributed by atoms with van der Waals surface area (Å²) < 4.78 is 7.65. The fourth-order valence-corrected chi connectivity index (χ4v) is 2.99. The minimum Gasteiger partial charge on any atom is -0.465 e. The van der Waals surface area contributed by atoms with E-state index in [4.69, 9.17) is 0 Å². The Bertz CT molecular complexity index is 851. The number of nitrogens with one attached hydrogen (secondary N) is 1. The zero-order valence-electron chi connectivity index (χ0n) is 14.2. The van der Waals surface area contributed by atoms with Crippen molar-refractivity contribution in [3.05, 3.63) is 51.7 Å². The summed E-state index contributed by atoms with van der Waals surface area (Å²) in [4.78, 5) is 35.8. The van der Waals surface area contributed by atoms with Crippen LogP contribution in [-0.4, -0.2) is 39.4 Å². The highest BCUT2D eigenvalue weighted by Crippen LogP contribution is 2.13. The van der Waals surface area contributed by atoms with E-state index in [1.165, 1.54) is 11.8 Å². The maximum atomic E-state index is 12.4. The Labute approximate surface area is 144 Å². The Morgan fingerprint density at radius 1 is 1.20 bits per heavy atom. The molecule has 1 aromatic heterocycles. The lowest BCUT2D eigenvalue weighted by molar-refractivity contribution is 0.0600. The van der Waals surface area contributed by atoms with E-state index >= 15 is 0 Å². The number of methoxy groups -OCH3 is 1. The van der Waals surface area contributed by atoms with Gasteiger partial charge in [0.1, 0.15) is 5.82 Å². The lowest BCUT2D eigenvalue weighted by Crippen LogP contribution is -2.35. The zero-order valence-corrected chi connectivity index (χ0v) is 14.2. The van der Waals surface area contributed by atoms with Crippen LogP contribution in [0.2, 0.25) is 0 Å². The van der Waals surface area contributed by atoms with Gasteiger partial charge >= 0.3 is 11.7 Å². The molecule has 1 unspecified atom stereocenters. The molecule has 1 amide bonds. The van der Waals surface area contributed by atoms with E-state index < -0.39 is 5.97 Å². The average Bonchev–Trinajstić information content (AvgIpc) is 2.78. The maximum absolute atomic E-state index is 12.4. The molecule has 8 heteroatoms. The molecule has 0 aliphatic carbocycles. The molecule has 2 aromatic rings. The minimum absolute atomic E-state index is 0.0285. The molecule has 0 fully saturated rings. The SMILES string of the molecule is COC(=O)c1ccc(C(=O)NC2CCc3nn(C)c(=O)n3CC2)cc1. The number of fused-ring (bicyclic) bond motifs is 1. The van der Waals surface area contributed by atoms with Crippen LogP contribution in [0.1, 0.15) is 39.4 Å². The second kappa shape index (κ2) is 6.92. The van der Waals surface area contributed by atoms with Gasteiger partial charge in [-0.05, 0) is 37.1 Å². The Hall–Kier alpha value is -2.90. The number of aryl methyl sites for hydroxylation is 2. The second-order valence-electron chi connectivity index (χ2n) is 6.04. The van der Waals surface area contributed by atoms with Crippen LogP contribution in [0.4, 0.5) is 0 Å². The van der Waals surface area contributed by atoms with Crippen LogP contribution in [0.25, 0.3) is 0 Å². The topological polar surface area (TPSA) is 95.2 Å². The molecule has 1 N–H and O–H groups in total. The predicted molar refractivity (Wildman–Crippen MR) is 89.4 cm³/mol. The van der Waals surface area contributed by atoms with Crippen LogP contribution in [-0.2, 0) is 24.8 Å². The first-order chi connectivity index (χ1) is 12.0. The second-order valence-corrected chi connectivity index (χ2v) is 6.04. The van der Waals surface area contributed by atoms with Gasteiger partial charge in [-0.3, -0.25) is 9.36 Å². The van der Waals surface area contributed by atoms with E-state index in [0.717, 1.165) is 12.2 Å². The maximum Gasteiger partial charge on any atom is 0.345 e. The normalized spacial score (nSPS) is 16.6. The van der Waals surface area contributed by atoms with Crippen LogP contribution >= 0.6 is 0 Å². The third-order valence-electron chi connectivity index (χ3n) is 4.41. The number of benzene rings is 1. The molecule has 1 aliphatic rings. The van der Waals surface area contributed by atoms with Gasteiger partial charge in [-0.15, -0.1) is 0 Å². The number of ether oxygens (including phenoxy) is 1. The van der Waals surface area contributed by atoms with Crippen LogP contribution < -0.4 is 11.0 Å². The number of esters is 1. The molecule has 0 saturated heterocycles. The van der Waals surface area contributed by atoms with E-state index in [9.17, 15) is 14.4 Å². The quantitative estimate of drug-likeness (QED) is 0.818. The standard InChI is InChI=1S/C17H20N4O4/c1-20-17(24)21-10-9-13(7-8-14(21)19-20)18-15(22)11-3-5-12(6-4-11)16(23)25-2/h3-6,13H,7-10H2,1-2H3,(H,18,22). The molecule has 25 heavy (non-hydrogen) atoms. The van der Waals surface area contributed by atoms with Crippen molar-refractivity contribution in [3.8, 4) is 0 Å². The number of hydrogen-bond donors (Lipinski definition) is 1. The van der Waals surface area contributed by atoms with Gasteiger partial charge in [0.15, 0.2) is 0 Å². The van der Waals surface area contributed by atoms with Crippen molar-refractivity contribution in [1.82, 2.24) is 19.7 Å². The number of carbonyl (C=O) groups is 2. The van der Waals surface area contributed by atoms with Crippen molar-refractivity contribution in [2.24, 2.45) is 7.05 Å². The lowest BCUT2D eigenvalue weighted by Gasteiger charge is -2.16. The van der Waals surface area contributed by atoms with Crippen molar-refractivity contribution < 1.29 is 14.3 Å². The fourth-order valence-electron chi connectivity index (χ4n) is 2.99. The number of nitrogens with zero attached hydrogens (tertiary/aromatic N) is 3. The number of amides is 1. The Morgan fingerprint density at radius 3 is 2.56 bits per heavy atom. The Kier molecular flexibility index (Phi) is 4.69. The van der Waals surface area contributed by atoms with E-state index in [2.05, 4.69) is 15.2 Å². The summed E-state index contributed by atoms with van der Waals surface area (Å²) in [6.45, 7) is 0.536. The van der Waals surface area contributed by atoms with Gasteiger partial charge in [0.25, 0.3) is 5.91 Å². The molecule has 2 heterocycles. The molecular formula is C17H20N4O4. The molecular weight excluding hydrogens is 324 g/mol. The predicted octanol–water partition coefficient (Wildman–Crippen LogP) is 0.503. The first-order valence-electron chi connectivity index (χ1n) is 8.11. The first kappa shape index (κ1) is 16.9. The monoisotopic (exact) mass is 344 g/mol. The van der Waals surface area contributed by atoms with E-state index in [1.807, 2.05) is 0 Å². The molecule has 0 saturated carbocycles. The summed E-state index contributed by atoms with van der Waals surface area (Å²) in [6.07, 6.45) is 2.04. The molecule has 132 valence electrons. The molecule has 0 radical (unpaired) electrons. The Morgan fingerprint density at radius 2 is 1.88 bits per heavy atom. The molecule has 0 spiro atoms. The minimum atomic E-state index is -0.438. The summed E-state index contributed by atoms with van der Waals surface area (Å²) in [5, 5.41) is 7.22. The third kappa shape index (κ3) is 3.47. The highest BCUT2D eigenvalue weighted by Gasteiger charge is 2.21. The van der Waals surface area contributed by atoms with Gasteiger partial charge in [0, 0.05) is 31.6 Å². The van der Waals surface area contributed by atoms with Gasteiger partial charge in [-0.25, -0.2) is 14.3 Å². The van der Waals surface area contributed by atoms with Crippen molar-refractivity contribution in [3.63, 3.8) is 0 Å². The van der Waals surface area contributed by atoms with E-state index in [0.29, 0.717) is 30.5 Å². The summed E-state index contributed by atoms with van der Waals surface area (Å²) >= 11 is 0. The van der Waals surface area contributed by atoms with Gasteiger partial charge in [0.05, 0.1) is 12.7 Å². The number of hydrogen-bond acceptors (Lipinski definition) is 5. The molecule has 0 bridgehead atoms. The highest BCUT2D eigenvalue weighted by atomic mass is 16.5. The average molecular weight is 344 g/mol. The van der Waals surface area contributed by atoms with Crippen molar-refractivity contribution in [2.45, 2.75) is 31.8 Å². The largest absolute Gasteiger partial charge is 0.465 e. The number of rotatable bonds is 3. The van der Waals surface area contributed by atoms with Crippen molar-refractivity contribution in [2.75, 3.05) is 7.11 Å². The van der Waals surface area contributed by atoms with Crippen LogP contribution in [0.15, 0.2) is 29.1 Å². The summed E-state index contributed by atoms with van der Waals surface area (Å²) in [6, 6.07) is 6.29. The first-order valence-corrected chi connectivity index (χ1v) is 8.11. The van der Waals surface area contributed by atoms with Crippen LogP contribution in [0.5, 0.6) is 0 Å².